The molecule has 0 radical (unpaired) electrons. The summed E-state index contributed by atoms with van der Waals surface area (Å²) in [5.74, 6) is 2.07. The fourth-order valence-electron chi connectivity index (χ4n) is 3.63. The van der Waals surface area contributed by atoms with E-state index in [1.54, 1.807) is 0 Å². The maximum absolute atomic E-state index is 5.74. The molecular weight excluding hydrogens is 402 g/mol. The van der Waals surface area contributed by atoms with Crippen LogP contribution in [-0.4, -0.2) is 53.4 Å². The predicted octanol–water partition coefficient (Wildman–Crippen LogP) is 4.49. The topological polar surface area (TPSA) is 63.9 Å². The predicted molar refractivity (Wildman–Crippen MR) is 127 cm³/mol. The molecule has 0 saturated heterocycles. The highest BCUT2D eigenvalue weighted by molar-refractivity contribution is 5.68. The molecule has 0 bridgehead atoms. The number of ether oxygens (including phenoxy) is 2. The number of pyridine rings is 1. The smallest absolute Gasteiger partial charge is 0.247 e. The Hall–Kier alpha value is -3.84. The van der Waals surface area contributed by atoms with Crippen LogP contribution in [0.3, 0.4) is 0 Å². The Morgan fingerprint density at radius 2 is 1.84 bits per heavy atom. The van der Waals surface area contributed by atoms with E-state index in [9.17, 15) is 0 Å². The van der Waals surface area contributed by atoms with Crippen LogP contribution in [0.2, 0.25) is 0 Å². The standard InChI is InChI=1S/C25H25N5O2/c1-29(2)13-5-7-18-6-3-8-20(16-18)26-25-27-24-10-4-9-21(30(24)28-25)19-11-12-22-23(17-19)32-15-14-31-22/h3-12,16-17H,13-15H2,1-2H3,(H,26,28). The van der Waals surface area contributed by atoms with Crippen molar-refractivity contribution >= 4 is 23.4 Å². The van der Waals surface area contributed by atoms with Crippen LogP contribution in [-0.2, 0) is 0 Å². The summed E-state index contributed by atoms with van der Waals surface area (Å²) in [5, 5.41) is 8.04. The van der Waals surface area contributed by atoms with Crippen molar-refractivity contribution in [2.45, 2.75) is 0 Å². The van der Waals surface area contributed by atoms with E-state index in [0.29, 0.717) is 19.2 Å². The van der Waals surface area contributed by atoms with Gasteiger partial charge in [-0.05, 0) is 62.1 Å². The summed E-state index contributed by atoms with van der Waals surface area (Å²) in [5.41, 5.74) is 4.75. The van der Waals surface area contributed by atoms with Gasteiger partial charge in [-0.3, -0.25) is 0 Å². The summed E-state index contributed by atoms with van der Waals surface area (Å²) in [6.45, 7) is 2.03. The number of anilines is 2. The quantitative estimate of drug-likeness (QED) is 0.489. The van der Waals surface area contributed by atoms with Gasteiger partial charge < -0.3 is 19.7 Å². The Labute approximate surface area is 186 Å². The molecule has 5 rings (SSSR count). The van der Waals surface area contributed by atoms with Crippen LogP contribution >= 0.6 is 0 Å². The van der Waals surface area contributed by atoms with Gasteiger partial charge in [0.05, 0.1) is 5.69 Å². The van der Waals surface area contributed by atoms with E-state index in [2.05, 4.69) is 53.6 Å². The van der Waals surface area contributed by atoms with Gasteiger partial charge in [0.2, 0.25) is 5.95 Å². The average molecular weight is 428 g/mol. The second-order valence-corrected chi connectivity index (χ2v) is 7.89. The van der Waals surface area contributed by atoms with Crippen molar-refractivity contribution in [1.29, 1.82) is 0 Å². The number of benzene rings is 2. The van der Waals surface area contributed by atoms with E-state index in [0.717, 1.165) is 46.2 Å². The van der Waals surface area contributed by atoms with Crippen molar-refractivity contribution in [2.75, 3.05) is 39.2 Å². The lowest BCUT2D eigenvalue weighted by Crippen LogP contribution is -2.15. The Morgan fingerprint density at radius 3 is 2.72 bits per heavy atom. The monoisotopic (exact) mass is 427 g/mol. The Balaban J connectivity index is 1.42. The molecule has 1 aliphatic rings. The second-order valence-electron chi connectivity index (χ2n) is 7.89. The van der Waals surface area contributed by atoms with Gasteiger partial charge in [-0.25, -0.2) is 4.52 Å². The van der Waals surface area contributed by atoms with E-state index in [1.807, 2.05) is 53.0 Å². The molecule has 7 heteroatoms. The third-order valence-electron chi connectivity index (χ3n) is 5.12. The zero-order valence-corrected chi connectivity index (χ0v) is 18.2. The molecule has 0 spiro atoms. The van der Waals surface area contributed by atoms with E-state index in [-0.39, 0.29) is 0 Å². The summed E-state index contributed by atoms with van der Waals surface area (Å²) in [6.07, 6.45) is 4.25. The van der Waals surface area contributed by atoms with Gasteiger partial charge in [0.1, 0.15) is 13.2 Å². The minimum absolute atomic E-state index is 0.546. The highest BCUT2D eigenvalue weighted by Crippen LogP contribution is 2.34. The maximum Gasteiger partial charge on any atom is 0.247 e. The van der Waals surface area contributed by atoms with Crippen molar-refractivity contribution in [1.82, 2.24) is 19.5 Å². The van der Waals surface area contributed by atoms with E-state index in [1.165, 1.54) is 0 Å². The third kappa shape index (κ3) is 4.29. The van der Waals surface area contributed by atoms with Gasteiger partial charge in [0, 0.05) is 17.8 Å². The highest BCUT2D eigenvalue weighted by Gasteiger charge is 2.15. The van der Waals surface area contributed by atoms with E-state index >= 15 is 0 Å². The Bertz CT molecular complexity index is 1280. The first kappa shape index (κ1) is 20.1. The molecule has 0 saturated carbocycles. The second kappa shape index (κ2) is 8.72. The van der Waals surface area contributed by atoms with Gasteiger partial charge in [-0.2, -0.15) is 4.98 Å². The Morgan fingerprint density at radius 1 is 1.00 bits per heavy atom. The average Bonchev–Trinajstić information content (AvgIpc) is 3.21. The number of rotatable bonds is 6. The lowest BCUT2D eigenvalue weighted by atomic mass is 10.1. The molecule has 1 N–H and O–H groups in total. The lowest BCUT2D eigenvalue weighted by molar-refractivity contribution is 0.171. The molecular formula is C25H25N5O2. The summed E-state index contributed by atoms with van der Waals surface area (Å²) in [7, 11) is 4.10. The number of aromatic nitrogens is 3. The zero-order valence-electron chi connectivity index (χ0n) is 18.2. The maximum atomic E-state index is 5.74. The number of nitrogens with zero attached hydrogens (tertiary/aromatic N) is 4. The first-order chi connectivity index (χ1) is 15.7. The van der Waals surface area contributed by atoms with Crippen LogP contribution in [0, 0.1) is 0 Å². The molecule has 2 aromatic heterocycles. The summed E-state index contributed by atoms with van der Waals surface area (Å²) in [6, 6.07) is 20.1. The van der Waals surface area contributed by atoms with Gasteiger partial charge >= 0.3 is 0 Å². The summed E-state index contributed by atoms with van der Waals surface area (Å²) in [4.78, 5) is 6.78. The normalized spacial score (nSPS) is 13.2. The largest absolute Gasteiger partial charge is 0.486 e. The van der Waals surface area contributed by atoms with Gasteiger partial charge in [0.15, 0.2) is 17.1 Å². The van der Waals surface area contributed by atoms with Crippen molar-refractivity contribution < 1.29 is 9.47 Å². The number of fused-ring (bicyclic) bond motifs is 2. The molecule has 0 atom stereocenters. The van der Waals surface area contributed by atoms with Crippen LogP contribution < -0.4 is 14.8 Å². The van der Waals surface area contributed by atoms with Crippen molar-refractivity contribution in [3.8, 4) is 22.8 Å². The first-order valence-electron chi connectivity index (χ1n) is 10.6. The van der Waals surface area contributed by atoms with E-state index in [4.69, 9.17) is 14.6 Å². The summed E-state index contributed by atoms with van der Waals surface area (Å²) < 4.78 is 13.2. The fourth-order valence-corrected chi connectivity index (χ4v) is 3.63. The van der Waals surface area contributed by atoms with Crippen LogP contribution in [0.25, 0.3) is 23.0 Å². The zero-order chi connectivity index (χ0) is 21.9. The van der Waals surface area contributed by atoms with Gasteiger partial charge in [-0.15, -0.1) is 5.10 Å². The molecule has 7 nitrogen and oxygen atoms in total. The van der Waals surface area contributed by atoms with Crippen LogP contribution in [0.5, 0.6) is 11.5 Å². The minimum atomic E-state index is 0.546. The number of likely N-dealkylation sites (N-methyl/N-ethyl adjacent to an activating group) is 1. The van der Waals surface area contributed by atoms with Gasteiger partial charge in [-0.1, -0.05) is 30.4 Å². The Kier molecular flexibility index (Phi) is 5.47. The van der Waals surface area contributed by atoms with Crippen LogP contribution in [0.1, 0.15) is 5.56 Å². The van der Waals surface area contributed by atoms with Crippen LogP contribution in [0.4, 0.5) is 11.6 Å². The van der Waals surface area contributed by atoms with Crippen LogP contribution in [0.15, 0.2) is 66.7 Å². The molecule has 0 amide bonds. The third-order valence-corrected chi connectivity index (χ3v) is 5.12. The first-order valence-corrected chi connectivity index (χ1v) is 10.6. The summed E-state index contributed by atoms with van der Waals surface area (Å²) >= 11 is 0. The highest BCUT2D eigenvalue weighted by atomic mass is 16.6. The minimum Gasteiger partial charge on any atom is -0.486 e. The fraction of sp³-hybridized carbons (Fsp3) is 0.200. The van der Waals surface area contributed by atoms with Crippen molar-refractivity contribution in [3.05, 3.63) is 72.3 Å². The molecule has 1 aliphatic heterocycles. The molecule has 2 aromatic carbocycles. The SMILES string of the molecule is CN(C)CC=Cc1cccc(Nc2nc3cccc(-c4ccc5c(c4)OCCO5)n3n2)c1. The van der Waals surface area contributed by atoms with E-state index < -0.39 is 0 Å². The number of nitrogens with one attached hydrogen (secondary N) is 1. The molecule has 3 heterocycles. The molecule has 4 aromatic rings. The van der Waals surface area contributed by atoms with Gasteiger partial charge in [0.25, 0.3) is 0 Å². The number of hydrogen-bond donors (Lipinski definition) is 1. The van der Waals surface area contributed by atoms with Crippen molar-refractivity contribution in [3.63, 3.8) is 0 Å². The molecule has 0 fully saturated rings. The van der Waals surface area contributed by atoms with Crippen molar-refractivity contribution in [2.24, 2.45) is 0 Å². The molecule has 32 heavy (non-hydrogen) atoms. The molecule has 0 aliphatic carbocycles. The number of hydrogen-bond acceptors (Lipinski definition) is 6. The molecule has 0 unspecified atom stereocenters. The molecule has 162 valence electrons. The lowest BCUT2D eigenvalue weighted by Gasteiger charge is -2.19.